The van der Waals surface area contributed by atoms with Crippen LogP contribution < -0.4 is 0 Å². The minimum absolute atomic E-state index is 0.587. The monoisotopic (exact) mass is 657 g/mol. The fourth-order valence-electron chi connectivity index (χ4n) is 7.77. The second-order valence-corrected chi connectivity index (χ2v) is 15.7. The van der Waals surface area contributed by atoms with Gasteiger partial charge in [0.2, 0.25) is 0 Å². The molecule has 0 saturated heterocycles. The second-order valence-electron chi connectivity index (χ2n) is 15.7. The lowest BCUT2D eigenvalue weighted by Crippen LogP contribution is -2.13. The first-order valence-corrected chi connectivity index (χ1v) is 22.3. The molecule has 0 amide bonds. The average molecular weight is 657 g/mol. The highest BCUT2D eigenvalue weighted by Crippen LogP contribution is 2.31. The van der Waals surface area contributed by atoms with Crippen LogP contribution in [-0.2, 0) is 0 Å². The number of unbranched alkanes of at least 4 members (excludes halogenated alkanes) is 30. The topological polar surface area (TPSA) is 17.8 Å². The molecule has 1 aromatic rings. The molecule has 0 fully saturated rings. The highest BCUT2D eigenvalue weighted by Gasteiger charge is 2.19. The van der Waals surface area contributed by atoms with E-state index in [1.54, 1.807) is 0 Å². The van der Waals surface area contributed by atoms with Crippen molar-refractivity contribution in [2.45, 2.75) is 271 Å². The zero-order valence-corrected chi connectivity index (χ0v) is 33.2. The first-order valence-electron chi connectivity index (χ1n) is 22.3. The van der Waals surface area contributed by atoms with Gasteiger partial charge in [0.1, 0.15) is 5.82 Å². The Morgan fingerprint density at radius 1 is 0.404 bits per heavy atom. The predicted molar refractivity (Wildman–Crippen MR) is 213 cm³/mol. The average Bonchev–Trinajstić information content (AvgIpc) is 3.57. The molecule has 278 valence electrons. The molecule has 0 N–H and O–H groups in total. The van der Waals surface area contributed by atoms with Crippen molar-refractivity contribution in [1.29, 1.82) is 0 Å². The fraction of sp³-hybridized carbons (Fsp3) is 0.933. The summed E-state index contributed by atoms with van der Waals surface area (Å²) >= 11 is 0. The Morgan fingerprint density at radius 3 is 1.00 bits per heavy atom. The van der Waals surface area contributed by atoms with Crippen LogP contribution in [0, 0.1) is 0 Å². The molecule has 0 aliphatic heterocycles. The first-order chi connectivity index (χ1) is 23.2. The normalized spacial score (nSPS) is 13.0. The lowest BCUT2D eigenvalue weighted by Gasteiger charge is -2.22. The summed E-state index contributed by atoms with van der Waals surface area (Å²) in [6.45, 7) is 9.40. The van der Waals surface area contributed by atoms with E-state index in [-0.39, 0.29) is 0 Å². The number of aromatic nitrogens is 2. The Balaban J connectivity index is 2.32. The van der Waals surface area contributed by atoms with Gasteiger partial charge in [-0.25, -0.2) is 4.98 Å². The van der Waals surface area contributed by atoms with E-state index in [9.17, 15) is 0 Å². The minimum Gasteiger partial charge on any atom is -0.332 e. The van der Waals surface area contributed by atoms with Gasteiger partial charge < -0.3 is 4.57 Å². The van der Waals surface area contributed by atoms with Gasteiger partial charge in [0.25, 0.3) is 0 Å². The van der Waals surface area contributed by atoms with E-state index in [2.05, 4.69) is 44.7 Å². The van der Waals surface area contributed by atoms with Gasteiger partial charge in [0.15, 0.2) is 0 Å². The van der Waals surface area contributed by atoms with Crippen molar-refractivity contribution >= 4 is 0 Å². The maximum absolute atomic E-state index is 5.03. The lowest BCUT2D eigenvalue weighted by atomic mass is 9.92. The standard InChI is InChI=1S/C45H88N2/c1-5-8-11-14-17-19-21-22-23-24-25-26-28-31-34-37-40-44(39-36-33-29-16-13-10-7-3)45-46-41-42-47(45)43(4)38-35-32-30-27-20-18-15-12-9-6-2/h41-44H,5-40H2,1-4H3. The number of rotatable bonds is 38. The van der Waals surface area contributed by atoms with E-state index in [4.69, 9.17) is 4.98 Å². The molecule has 0 saturated carbocycles. The molecule has 0 radical (unpaired) electrons. The molecule has 2 heteroatoms. The molecule has 47 heavy (non-hydrogen) atoms. The molecule has 2 atom stereocenters. The molecule has 1 rings (SSSR count). The van der Waals surface area contributed by atoms with E-state index >= 15 is 0 Å². The van der Waals surface area contributed by atoms with Crippen molar-refractivity contribution in [2.24, 2.45) is 0 Å². The smallest absolute Gasteiger partial charge is 0.111 e. The summed E-state index contributed by atoms with van der Waals surface area (Å²) in [4.78, 5) is 5.03. The van der Waals surface area contributed by atoms with E-state index in [1.165, 1.54) is 237 Å². The SMILES string of the molecule is CCCCCCCCCCCCCCCCCCC(CCCCCCCCC)c1nccn1C(C)CCCCCCCCCCCC. The Hall–Kier alpha value is -0.790. The summed E-state index contributed by atoms with van der Waals surface area (Å²) in [6.07, 6.45) is 55.7. The van der Waals surface area contributed by atoms with Gasteiger partial charge >= 0.3 is 0 Å². The molecule has 0 bridgehead atoms. The van der Waals surface area contributed by atoms with Crippen molar-refractivity contribution in [3.63, 3.8) is 0 Å². The number of nitrogens with zero attached hydrogens (tertiary/aromatic N) is 2. The van der Waals surface area contributed by atoms with Crippen LogP contribution in [-0.4, -0.2) is 9.55 Å². The molecule has 2 unspecified atom stereocenters. The van der Waals surface area contributed by atoms with Crippen LogP contribution >= 0.6 is 0 Å². The highest BCUT2D eigenvalue weighted by molar-refractivity contribution is 5.02. The third kappa shape index (κ3) is 26.7. The van der Waals surface area contributed by atoms with Crippen molar-refractivity contribution in [2.75, 3.05) is 0 Å². The molecule has 2 nitrogen and oxygen atoms in total. The molecule has 0 aliphatic rings. The molecule has 1 heterocycles. The minimum atomic E-state index is 0.587. The van der Waals surface area contributed by atoms with Crippen molar-refractivity contribution < 1.29 is 0 Å². The van der Waals surface area contributed by atoms with Gasteiger partial charge in [-0.2, -0.15) is 0 Å². The predicted octanol–water partition coefficient (Wildman–Crippen LogP) is 16.6. The molecule has 0 aliphatic carbocycles. The summed E-state index contributed by atoms with van der Waals surface area (Å²) < 4.78 is 2.59. The zero-order valence-electron chi connectivity index (χ0n) is 33.2. The Bertz CT molecular complexity index is 723. The van der Waals surface area contributed by atoms with E-state index in [0.717, 1.165) is 0 Å². The van der Waals surface area contributed by atoms with Crippen LogP contribution in [0.2, 0.25) is 0 Å². The summed E-state index contributed by atoms with van der Waals surface area (Å²) in [5, 5.41) is 0. The van der Waals surface area contributed by atoms with E-state index < -0.39 is 0 Å². The highest BCUT2D eigenvalue weighted by atomic mass is 15.1. The summed E-state index contributed by atoms with van der Waals surface area (Å²) in [7, 11) is 0. The van der Waals surface area contributed by atoms with Crippen LogP contribution in [0.15, 0.2) is 12.4 Å². The van der Waals surface area contributed by atoms with Crippen LogP contribution in [0.4, 0.5) is 0 Å². The number of hydrogen-bond acceptors (Lipinski definition) is 1. The molecular formula is C45H88N2. The maximum Gasteiger partial charge on any atom is 0.111 e. The van der Waals surface area contributed by atoms with Gasteiger partial charge in [-0.1, -0.05) is 233 Å². The van der Waals surface area contributed by atoms with Crippen molar-refractivity contribution in [3.05, 3.63) is 18.2 Å². The first kappa shape index (κ1) is 44.2. The van der Waals surface area contributed by atoms with Crippen LogP contribution in [0.25, 0.3) is 0 Å². The Kier molecular flexibility index (Phi) is 33.0. The maximum atomic E-state index is 5.03. The summed E-state index contributed by atoms with van der Waals surface area (Å²) in [5.74, 6) is 2.07. The van der Waals surface area contributed by atoms with Crippen molar-refractivity contribution in [3.8, 4) is 0 Å². The van der Waals surface area contributed by atoms with Crippen LogP contribution in [0.3, 0.4) is 0 Å². The number of hydrogen-bond donors (Lipinski definition) is 0. The van der Waals surface area contributed by atoms with Gasteiger partial charge in [-0.05, 0) is 26.2 Å². The number of imidazole rings is 1. The zero-order chi connectivity index (χ0) is 33.9. The molecule has 0 spiro atoms. The lowest BCUT2D eigenvalue weighted by molar-refractivity contribution is 0.412. The van der Waals surface area contributed by atoms with Crippen molar-refractivity contribution in [1.82, 2.24) is 9.55 Å². The third-order valence-electron chi connectivity index (χ3n) is 11.1. The summed E-state index contributed by atoms with van der Waals surface area (Å²) in [6, 6.07) is 0.587. The van der Waals surface area contributed by atoms with Crippen LogP contribution in [0.5, 0.6) is 0 Å². The largest absolute Gasteiger partial charge is 0.332 e. The molecule has 1 aromatic heterocycles. The second kappa shape index (κ2) is 35.1. The Labute approximate surface area is 297 Å². The fourth-order valence-corrected chi connectivity index (χ4v) is 7.77. The van der Waals surface area contributed by atoms with Gasteiger partial charge in [0, 0.05) is 24.4 Å². The van der Waals surface area contributed by atoms with Gasteiger partial charge in [0.05, 0.1) is 0 Å². The van der Waals surface area contributed by atoms with E-state index in [0.29, 0.717) is 12.0 Å². The quantitative estimate of drug-likeness (QED) is 0.0648. The van der Waals surface area contributed by atoms with E-state index in [1.807, 2.05) is 0 Å². The van der Waals surface area contributed by atoms with Gasteiger partial charge in [-0.3, -0.25) is 0 Å². The third-order valence-corrected chi connectivity index (χ3v) is 11.1. The van der Waals surface area contributed by atoms with Gasteiger partial charge in [-0.15, -0.1) is 0 Å². The summed E-state index contributed by atoms with van der Waals surface area (Å²) in [5.41, 5.74) is 0. The van der Waals surface area contributed by atoms with Crippen LogP contribution in [0.1, 0.15) is 277 Å². The molecular weight excluding hydrogens is 569 g/mol. The molecule has 0 aromatic carbocycles. The Morgan fingerprint density at radius 2 is 0.681 bits per heavy atom.